The molecule has 9 heteroatoms. The van der Waals surface area contributed by atoms with E-state index in [-0.39, 0.29) is 22.8 Å². The third-order valence-electron chi connectivity index (χ3n) is 4.54. The standard InChI is InChI=1S/C22H22N2O5S2/c1-4-13-24-17-12-11-15(21(26)29-5-2)14-18(17)30-22(24)23-20(25)16-9-7-8-10-19(16)31(27,28)6-3/h4,7-12,14H,1,5-6,13H2,2-3H3. The van der Waals surface area contributed by atoms with Crippen molar-refractivity contribution in [3.63, 3.8) is 0 Å². The summed E-state index contributed by atoms with van der Waals surface area (Å²) >= 11 is 1.23. The van der Waals surface area contributed by atoms with Crippen molar-refractivity contribution in [1.82, 2.24) is 4.57 Å². The van der Waals surface area contributed by atoms with Gasteiger partial charge in [-0.3, -0.25) is 4.79 Å². The van der Waals surface area contributed by atoms with E-state index in [1.54, 1.807) is 47.9 Å². The van der Waals surface area contributed by atoms with Gasteiger partial charge < -0.3 is 9.30 Å². The minimum absolute atomic E-state index is 0.0270. The number of carbonyl (C=O) groups excluding carboxylic acids is 2. The SMILES string of the molecule is C=CCn1c(=NC(=O)c2ccccc2S(=O)(=O)CC)sc2cc(C(=O)OCC)ccc21. The first-order valence-corrected chi connectivity index (χ1v) is 12.1. The zero-order valence-corrected chi connectivity index (χ0v) is 18.8. The Morgan fingerprint density at radius 1 is 1.19 bits per heavy atom. The molecule has 0 spiro atoms. The number of rotatable bonds is 7. The molecule has 3 rings (SSSR count). The Balaban J connectivity index is 2.16. The van der Waals surface area contributed by atoms with Gasteiger partial charge in [0, 0.05) is 6.54 Å². The largest absolute Gasteiger partial charge is 0.462 e. The van der Waals surface area contributed by atoms with Crippen LogP contribution in [-0.2, 0) is 21.1 Å². The third kappa shape index (κ3) is 4.67. The molecule has 0 aliphatic rings. The lowest BCUT2D eigenvalue weighted by Crippen LogP contribution is -2.17. The van der Waals surface area contributed by atoms with Crippen molar-refractivity contribution < 1.29 is 22.7 Å². The normalized spacial score (nSPS) is 12.1. The van der Waals surface area contributed by atoms with Crippen LogP contribution in [0.5, 0.6) is 0 Å². The Kier molecular flexibility index (Phi) is 6.87. The van der Waals surface area contributed by atoms with E-state index in [0.29, 0.717) is 16.9 Å². The summed E-state index contributed by atoms with van der Waals surface area (Å²) in [5.41, 5.74) is 1.21. The average molecular weight is 459 g/mol. The van der Waals surface area contributed by atoms with Crippen molar-refractivity contribution in [3.05, 3.63) is 71.0 Å². The molecule has 0 bridgehead atoms. The van der Waals surface area contributed by atoms with Gasteiger partial charge >= 0.3 is 5.97 Å². The van der Waals surface area contributed by atoms with Gasteiger partial charge in [0.15, 0.2) is 14.6 Å². The molecular weight excluding hydrogens is 436 g/mol. The molecular formula is C22H22N2O5S2. The van der Waals surface area contributed by atoms with Gasteiger partial charge in [-0.1, -0.05) is 36.5 Å². The lowest BCUT2D eigenvalue weighted by Gasteiger charge is -2.06. The first-order chi connectivity index (χ1) is 14.8. The molecule has 1 amide bonds. The van der Waals surface area contributed by atoms with Gasteiger partial charge in [0.25, 0.3) is 5.91 Å². The molecule has 31 heavy (non-hydrogen) atoms. The maximum Gasteiger partial charge on any atom is 0.338 e. The van der Waals surface area contributed by atoms with Crippen molar-refractivity contribution >= 4 is 43.3 Å². The van der Waals surface area contributed by atoms with Gasteiger partial charge in [0.05, 0.1) is 38.6 Å². The van der Waals surface area contributed by atoms with E-state index in [1.165, 1.54) is 30.4 Å². The highest BCUT2D eigenvalue weighted by Gasteiger charge is 2.21. The number of thiazole rings is 1. The number of fused-ring (bicyclic) bond motifs is 1. The number of nitrogens with zero attached hydrogens (tertiary/aromatic N) is 2. The molecule has 0 unspecified atom stereocenters. The number of sulfone groups is 1. The van der Waals surface area contributed by atoms with E-state index in [2.05, 4.69) is 11.6 Å². The van der Waals surface area contributed by atoms with Gasteiger partial charge in [0.1, 0.15) is 0 Å². The van der Waals surface area contributed by atoms with Crippen LogP contribution in [0.3, 0.4) is 0 Å². The second-order valence-corrected chi connectivity index (χ2v) is 9.76. The highest BCUT2D eigenvalue weighted by Crippen LogP contribution is 2.21. The Morgan fingerprint density at radius 3 is 2.61 bits per heavy atom. The smallest absolute Gasteiger partial charge is 0.338 e. The van der Waals surface area contributed by atoms with E-state index in [0.717, 1.165) is 10.2 Å². The summed E-state index contributed by atoms with van der Waals surface area (Å²) in [6.07, 6.45) is 1.67. The van der Waals surface area contributed by atoms with Crippen LogP contribution in [0.15, 0.2) is 65.0 Å². The van der Waals surface area contributed by atoms with Crippen LogP contribution < -0.4 is 4.80 Å². The summed E-state index contributed by atoms with van der Waals surface area (Å²) in [7, 11) is -3.58. The number of esters is 1. The number of benzene rings is 2. The molecule has 7 nitrogen and oxygen atoms in total. The number of aromatic nitrogens is 1. The van der Waals surface area contributed by atoms with Crippen LogP contribution in [0, 0.1) is 0 Å². The predicted molar refractivity (Wildman–Crippen MR) is 120 cm³/mol. The van der Waals surface area contributed by atoms with Crippen LogP contribution >= 0.6 is 11.3 Å². The highest BCUT2D eigenvalue weighted by atomic mass is 32.2. The third-order valence-corrected chi connectivity index (χ3v) is 7.36. The van der Waals surface area contributed by atoms with Crippen molar-refractivity contribution in [3.8, 4) is 0 Å². The lowest BCUT2D eigenvalue weighted by atomic mass is 10.2. The van der Waals surface area contributed by atoms with Gasteiger partial charge in [-0.25, -0.2) is 13.2 Å². The minimum atomic E-state index is -3.58. The average Bonchev–Trinajstić information content (AvgIpc) is 3.10. The van der Waals surface area contributed by atoms with E-state index in [4.69, 9.17) is 4.74 Å². The van der Waals surface area contributed by atoms with Crippen molar-refractivity contribution in [2.75, 3.05) is 12.4 Å². The second kappa shape index (κ2) is 9.40. The molecule has 162 valence electrons. The van der Waals surface area contributed by atoms with Gasteiger partial charge in [-0.05, 0) is 37.3 Å². The zero-order chi connectivity index (χ0) is 22.6. The Hall–Kier alpha value is -3.04. The first kappa shape index (κ1) is 22.6. The van der Waals surface area contributed by atoms with Crippen molar-refractivity contribution in [2.45, 2.75) is 25.3 Å². The fourth-order valence-electron chi connectivity index (χ4n) is 3.02. The molecule has 0 saturated carbocycles. The van der Waals surface area contributed by atoms with Crippen LogP contribution in [0.1, 0.15) is 34.6 Å². The molecule has 0 radical (unpaired) electrons. The Morgan fingerprint density at radius 2 is 1.94 bits per heavy atom. The number of carbonyl (C=O) groups is 2. The summed E-state index contributed by atoms with van der Waals surface area (Å²) in [5, 5.41) is 0. The van der Waals surface area contributed by atoms with Gasteiger partial charge in [-0.2, -0.15) is 4.99 Å². The van der Waals surface area contributed by atoms with E-state index in [9.17, 15) is 18.0 Å². The second-order valence-electron chi connectivity index (χ2n) is 6.50. The quantitative estimate of drug-likeness (QED) is 0.398. The summed E-state index contributed by atoms with van der Waals surface area (Å²) < 4.78 is 32.4. The molecule has 0 aliphatic carbocycles. The van der Waals surface area contributed by atoms with Crippen LogP contribution in [-0.4, -0.2) is 37.2 Å². The van der Waals surface area contributed by atoms with Crippen LogP contribution in [0.25, 0.3) is 10.2 Å². The molecule has 0 N–H and O–H groups in total. The topological polar surface area (TPSA) is 94.8 Å². The predicted octanol–water partition coefficient (Wildman–Crippen LogP) is 3.60. The summed E-state index contributed by atoms with van der Waals surface area (Å²) in [6, 6.07) is 11.2. The summed E-state index contributed by atoms with van der Waals surface area (Å²) in [6.45, 7) is 7.67. The number of amides is 1. The minimum Gasteiger partial charge on any atom is -0.462 e. The van der Waals surface area contributed by atoms with Gasteiger partial charge in [-0.15, -0.1) is 6.58 Å². The molecule has 0 fully saturated rings. The molecule has 0 aliphatic heterocycles. The van der Waals surface area contributed by atoms with Crippen molar-refractivity contribution in [1.29, 1.82) is 0 Å². The molecule has 2 aromatic carbocycles. The Bertz CT molecular complexity index is 1330. The van der Waals surface area contributed by atoms with Crippen LogP contribution in [0.2, 0.25) is 0 Å². The maximum absolute atomic E-state index is 13.0. The zero-order valence-electron chi connectivity index (χ0n) is 17.2. The molecule has 3 aromatic rings. The number of ether oxygens (including phenoxy) is 1. The summed E-state index contributed by atoms with van der Waals surface area (Å²) in [4.78, 5) is 29.6. The molecule has 0 saturated heterocycles. The van der Waals surface area contributed by atoms with E-state index >= 15 is 0 Å². The molecule has 1 heterocycles. The van der Waals surface area contributed by atoms with E-state index < -0.39 is 21.7 Å². The van der Waals surface area contributed by atoms with Crippen molar-refractivity contribution in [2.24, 2.45) is 4.99 Å². The highest BCUT2D eigenvalue weighted by molar-refractivity contribution is 7.91. The van der Waals surface area contributed by atoms with Gasteiger partial charge in [0.2, 0.25) is 0 Å². The van der Waals surface area contributed by atoms with Crippen LogP contribution in [0.4, 0.5) is 0 Å². The van der Waals surface area contributed by atoms with E-state index in [1.807, 2.05) is 0 Å². The monoisotopic (exact) mass is 458 g/mol. The number of hydrogen-bond donors (Lipinski definition) is 0. The fraction of sp³-hybridized carbons (Fsp3) is 0.227. The number of allylic oxidation sites excluding steroid dienone is 1. The summed E-state index contributed by atoms with van der Waals surface area (Å²) in [5.74, 6) is -1.20. The lowest BCUT2D eigenvalue weighted by molar-refractivity contribution is 0.0526. The number of hydrogen-bond acceptors (Lipinski definition) is 6. The maximum atomic E-state index is 13.0. The molecule has 1 aromatic heterocycles. The first-order valence-electron chi connectivity index (χ1n) is 9.64. The Labute approximate surface area is 184 Å². The molecule has 0 atom stereocenters. The fourth-order valence-corrected chi connectivity index (χ4v) is 5.19.